The van der Waals surface area contributed by atoms with Crippen molar-refractivity contribution in [3.8, 4) is 11.4 Å². The maximum atomic E-state index is 11.4. The number of halogens is 1. The molecule has 0 radical (unpaired) electrons. The molecule has 4 aromatic rings. The van der Waals surface area contributed by atoms with Crippen molar-refractivity contribution in [1.29, 1.82) is 0 Å². The highest BCUT2D eigenvalue weighted by Gasteiger charge is 2.20. The first-order valence-electron chi connectivity index (χ1n) is 13.4. The molecule has 0 spiro atoms. The van der Waals surface area contributed by atoms with E-state index in [9.17, 15) is 4.79 Å². The third-order valence-electron chi connectivity index (χ3n) is 7.38. The summed E-state index contributed by atoms with van der Waals surface area (Å²) >= 11 is 6.12. The van der Waals surface area contributed by atoms with Gasteiger partial charge in [0, 0.05) is 29.7 Å². The molecule has 192 valence electrons. The smallest absolute Gasteiger partial charge is 0.221 e. The van der Waals surface area contributed by atoms with Crippen molar-refractivity contribution >= 4 is 34.2 Å². The van der Waals surface area contributed by atoms with E-state index < -0.39 is 0 Å². The van der Waals surface area contributed by atoms with Gasteiger partial charge in [-0.25, -0.2) is 4.98 Å². The molecule has 0 unspecified atom stereocenters. The number of aromatic nitrogens is 2. The van der Waals surface area contributed by atoms with Gasteiger partial charge in [-0.15, -0.1) is 0 Å². The van der Waals surface area contributed by atoms with Crippen LogP contribution in [0.3, 0.4) is 0 Å². The van der Waals surface area contributed by atoms with Crippen LogP contribution in [0.1, 0.15) is 50.5 Å². The zero-order chi connectivity index (χ0) is 25.6. The minimum Gasteiger partial charge on any atom is -0.326 e. The minimum absolute atomic E-state index is 0.0191. The summed E-state index contributed by atoms with van der Waals surface area (Å²) in [5.74, 6) is 1.57. The second-order valence-electron chi connectivity index (χ2n) is 10.1. The predicted octanol–water partition coefficient (Wildman–Crippen LogP) is 7.37. The molecule has 5 nitrogen and oxygen atoms in total. The van der Waals surface area contributed by atoms with Crippen molar-refractivity contribution in [3.05, 3.63) is 83.4 Å². The van der Waals surface area contributed by atoms with Gasteiger partial charge in [-0.2, -0.15) is 0 Å². The second-order valence-corrected chi connectivity index (χ2v) is 10.5. The van der Waals surface area contributed by atoms with Crippen LogP contribution in [-0.4, -0.2) is 40.0 Å². The van der Waals surface area contributed by atoms with Gasteiger partial charge in [0.15, 0.2) is 0 Å². The van der Waals surface area contributed by atoms with Gasteiger partial charge in [-0.1, -0.05) is 42.3 Å². The number of fused-ring (bicyclic) bond motifs is 1. The summed E-state index contributed by atoms with van der Waals surface area (Å²) in [5.41, 5.74) is 5.58. The molecule has 0 saturated carbocycles. The van der Waals surface area contributed by atoms with Crippen molar-refractivity contribution in [3.63, 3.8) is 0 Å². The van der Waals surface area contributed by atoms with E-state index in [4.69, 9.17) is 16.6 Å². The lowest BCUT2D eigenvalue weighted by Gasteiger charge is -2.32. The normalized spacial score (nSPS) is 14.8. The Hall–Kier alpha value is -3.15. The van der Waals surface area contributed by atoms with Gasteiger partial charge in [0.2, 0.25) is 5.91 Å². The van der Waals surface area contributed by atoms with Crippen LogP contribution in [0.25, 0.3) is 22.4 Å². The fourth-order valence-corrected chi connectivity index (χ4v) is 5.59. The van der Waals surface area contributed by atoms with E-state index >= 15 is 0 Å². The van der Waals surface area contributed by atoms with Gasteiger partial charge in [0.05, 0.1) is 11.0 Å². The van der Waals surface area contributed by atoms with Crippen molar-refractivity contribution in [2.24, 2.45) is 0 Å². The Morgan fingerprint density at radius 2 is 1.70 bits per heavy atom. The average molecular weight is 515 g/mol. The Bertz CT molecular complexity index is 1340. The molecular weight excluding hydrogens is 480 g/mol. The quantitative estimate of drug-likeness (QED) is 0.237. The van der Waals surface area contributed by atoms with Crippen molar-refractivity contribution in [1.82, 2.24) is 14.5 Å². The summed E-state index contributed by atoms with van der Waals surface area (Å²) in [4.78, 5) is 18.9. The molecule has 3 aromatic carbocycles. The number of amides is 1. The third-order valence-corrected chi connectivity index (χ3v) is 7.63. The van der Waals surface area contributed by atoms with Gasteiger partial charge in [-0.3, -0.25) is 4.79 Å². The second kappa shape index (κ2) is 11.9. The summed E-state index contributed by atoms with van der Waals surface area (Å²) in [6, 6.07) is 24.7. The maximum absolute atomic E-state index is 11.4. The number of aryl methyl sites for hydroxylation is 1. The number of para-hydroxylation sites is 2. The summed E-state index contributed by atoms with van der Waals surface area (Å²) in [5, 5.41) is 3.65. The van der Waals surface area contributed by atoms with E-state index in [1.807, 2.05) is 24.3 Å². The van der Waals surface area contributed by atoms with Crippen LogP contribution in [0.15, 0.2) is 72.8 Å². The molecule has 1 N–H and O–H groups in total. The number of unbranched alkanes of at least 4 members (excludes halogenated alkanes) is 2. The van der Waals surface area contributed by atoms with Crippen molar-refractivity contribution < 1.29 is 4.79 Å². The zero-order valence-corrected chi connectivity index (χ0v) is 22.3. The molecule has 1 amide bonds. The zero-order valence-electron chi connectivity index (χ0n) is 21.5. The summed E-state index contributed by atoms with van der Waals surface area (Å²) in [7, 11) is 0. The minimum atomic E-state index is -0.0191. The Balaban J connectivity index is 1.11. The van der Waals surface area contributed by atoms with Crippen LogP contribution in [0.5, 0.6) is 0 Å². The number of hydrogen-bond donors (Lipinski definition) is 1. The molecular formula is C31H35ClN4O. The summed E-state index contributed by atoms with van der Waals surface area (Å²) in [6.07, 6.45) is 5.90. The third kappa shape index (κ3) is 6.41. The average Bonchev–Trinajstić information content (AvgIpc) is 3.27. The van der Waals surface area contributed by atoms with E-state index in [2.05, 4.69) is 63.3 Å². The molecule has 2 heterocycles. The molecule has 1 aromatic heterocycles. The lowest BCUT2D eigenvalue weighted by Crippen LogP contribution is -2.33. The Morgan fingerprint density at radius 3 is 2.49 bits per heavy atom. The van der Waals surface area contributed by atoms with E-state index in [-0.39, 0.29) is 5.91 Å². The SMILES string of the molecule is CC(=O)Nc1cccc(C2CCN(CCCCCn3c(-c4ccc(Cl)cc4)nc4ccccc43)CC2)c1. The molecule has 0 bridgehead atoms. The number of benzene rings is 3. The first kappa shape index (κ1) is 25.5. The summed E-state index contributed by atoms with van der Waals surface area (Å²) < 4.78 is 2.36. The first-order valence-corrected chi connectivity index (χ1v) is 13.8. The standard InChI is InChI=1S/C31H35ClN4O/c1-23(37)33-28-9-7-8-26(22-28)24-16-20-35(21-17-24)18-5-2-6-19-36-30-11-4-3-10-29(30)34-31(36)25-12-14-27(32)15-13-25/h3-4,7-15,22,24H,2,5-6,16-21H2,1H3,(H,33,37). The highest BCUT2D eigenvalue weighted by atomic mass is 35.5. The van der Waals surface area contributed by atoms with Gasteiger partial charge in [0.1, 0.15) is 5.82 Å². The molecule has 37 heavy (non-hydrogen) atoms. The molecule has 6 heteroatoms. The van der Waals surface area contributed by atoms with Crippen LogP contribution in [0, 0.1) is 0 Å². The number of rotatable bonds is 9. The van der Waals surface area contributed by atoms with Gasteiger partial charge >= 0.3 is 0 Å². The van der Waals surface area contributed by atoms with E-state index in [1.165, 1.54) is 36.8 Å². The molecule has 1 saturated heterocycles. The van der Waals surface area contributed by atoms with E-state index in [0.29, 0.717) is 5.92 Å². The number of nitrogens with one attached hydrogen (secondary N) is 1. The monoisotopic (exact) mass is 514 g/mol. The largest absolute Gasteiger partial charge is 0.326 e. The molecule has 0 atom stereocenters. The number of nitrogens with zero attached hydrogens (tertiary/aromatic N) is 3. The molecule has 1 aliphatic heterocycles. The number of carbonyl (C=O) groups excluding carboxylic acids is 1. The molecule has 0 aliphatic carbocycles. The molecule has 1 fully saturated rings. The van der Waals surface area contributed by atoms with E-state index in [1.54, 1.807) is 6.92 Å². The highest BCUT2D eigenvalue weighted by Crippen LogP contribution is 2.30. The lowest BCUT2D eigenvalue weighted by molar-refractivity contribution is -0.114. The number of piperidine rings is 1. The van der Waals surface area contributed by atoms with Crippen LogP contribution >= 0.6 is 11.6 Å². The predicted molar refractivity (Wildman–Crippen MR) is 153 cm³/mol. The Kier molecular flexibility index (Phi) is 8.22. The van der Waals surface area contributed by atoms with E-state index in [0.717, 1.165) is 60.2 Å². The maximum Gasteiger partial charge on any atom is 0.221 e. The van der Waals surface area contributed by atoms with Crippen LogP contribution in [0.2, 0.25) is 5.02 Å². The number of anilines is 1. The Labute approximate surface area is 224 Å². The van der Waals surface area contributed by atoms with Crippen LogP contribution in [0.4, 0.5) is 5.69 Å². The van der Waals surface area contributed by atoms with Gasteiger partial charge in [-0.05, 0) is 105 Å². The van der Waals surface area contributed by atoms with Crippen molar-refractivity contribution in [2.45, 2.75) is 51.5 Å². The number of likely N-dealkylation sites (tertiary alicyclic amines) is 1. The fraction of sp³-hybridized carbons (Fsp3) is 0.355. The summed E-state index contributed by atoms with van der Waals surface area (Å²) in [6.45, 7) is 5.96. The number of carbonyl (C=O) groups is 1. The Morgan fingerprint density at radius 1 is 0.946 bits per heavy atom. The fourth-order valence-electron chi connectivity index (χ4n) is 5.47. The topological polar surface area (TPSA) is 50.2 Å². The number of imidazole rings is 1. The lowest BCUT2D eigenvalue weighted by atomic mass is 9.89. The van der Waals surface area contributed by atoms with Gasteiger partial charge in [0.25, 0.3) is 0 Å². The number of hydrogen-bond acceptors (Lipinski definition) is 3. The van der Waals surface area contributed by atoms with Crippen LogP contribution in [-0.2, 0) is 11.3 Å². The first-order chi connectivity index (χ1) is 18.1. The molecule has 1 aliphatic rings. The van der Waals surface area contributed by atoms with Gasteiger partial charge < -0.3 is 14.8 Å². The highest BCUT2D eigenvalue weighted by molar-refractivity contribution is 6.30. The molecule has 5 rings (SSSR count). The van der Waals surface area contributed by atoms with Crippen molar-refractivity contribution in [2.75, 3.05) is 25.0 Å². The van der Waals surface area contributed by atoms with Crippen LogP contribution < -0.4 is 5.32 Å².